The highest BCUT2D eigenvalue weighted by Crippen LogP contribution is 2.21. The van der Waals surface area contributed by atoms with Gasteiger partial charge in [0.15, 0.2) is 5.82 Å². The summed E-state index contributed by atoms with van der Waals surface area (Å²) in [5.41, 5.74) is 6.29. The molecule has 0 bridgehead atoms. The van der Waals surface area contributed by atoms with Crippen molar-refractivity contribution < 1.29 is 14.3 Å². The van der Waals surface area contributed by atoms with Crippen LogP contribution in [0, 0.1) is 0 Å². The molecule has 1 aromatic rings. The molecule has 7 nitrogen and oxygen atoms in total. The maximum Gasteiger partial charge on any atom is 0.340 e. The molecule has 0 aromatic carbocycles. The van der Waals surface area contributed by atoms with E-state index in [4.69, 9.17) is 5.73 Å². The summed E-state index contributed by atoms with van der Waals surface area (Å²) in [5, 5.41) is 2.94. The highest BCUT2D eigenvalue weighted by molar-refractivity contribution is 5.98. The van der Waals surface area contributed by atoms with E-state index in [1.165, 1.54) is 19.4 Å². The van der Waals surface area contributed by atoms with Crippen molar-refractivity contribution >= 4 is 23.4 Å². The number of pyridine rings is 1. The lowest BCUT2D eigenvalue weighted by molar-refractivity contribution is -0.131. The Bertz CT molecular complexity index is 515. The van der Waals surface area contributed by atoms with E-state index >= 15 is 0 Å². The van der Waals surface area contributed by atoms with Crippen molar-refractivity contribution in [1.29, 1.82) is 0 Å². The molecule has 1 aromatic heterocycles. The monoisotopic (exact) mass is 294 g/mol. The number of carbonyl (C=O) groups excluding carboxylic acids is 2. The fraction of sp³-hybridized carbons (Fsp3) is 0.500. The van der Waals surface area contributed by atoms with Crippen molar-refractivity contribution in [1.82, 2.24) is 9.88 Å². The lowest BCUT2D eigenvalue weighted by Gasteiger charge is -2.24. The van der Waals surface area contributed by atoms with Crippen molar-refractivity contribution in [3.05, 3.63) is 17.8 Å². The van der Waals surface area contributed by atoms with Crippen molar-refractivity contribution in [2.24, 2.45) is 0 Å². The molecule has 0 saturated carbocycles. The third-order valence-corrected chi connectivity index (χ3v) is 3.19. The van der Waals surface area contributed by atoms with Gasteiger partial charge in [-0.3, -0.25) is 4.79 Å². The van der Waals surface area contributed by atoms with Gasteiger partial charge in [0.1, 0.15) is 6.04 Å². The maximum absolute atomic E-state index is 12.2. The standard InChI is InChI=1S/C14H22N4O3/c1-5-18(6-2)13(19)9(3)17-12-11(15)10(7-8-16-12)14(20)21-4/h7-9H,5-6,15H2,1-4H3,(H,16,17). The first kappa shape index (κ1) is 16.7. The number of aromatic nitrogens is 1. The number of carbonyl (C=O) groups is 2. The van der Waals surface area contributed by atoms with Crippen LogP contribution in [-0.2, 0) is 9.53 Å². The van der Waals surface area contributed by atoms with E-state index in [1.807, 2.05) is 13.8 Å². The molecule has 0 radical (unpaired) electrons. The molecular formula is C14H22N4O3. The van der Waals surface area contributed by atoms with Gasteiger partial charge in [0.2, 0.25) is 5.91 Å². The molecule has 0 fully saturated rings. The SMILES string of the molecule is CCN(CC)C(=O)C(C)Nc1nccc(C(=O)OC)c1N. The zero-order valence-corrected chi connectivity index (χ0v) is 12.8. The van der Waals surface area contributed by atoms with Crippen molar-refractivity contribution in [2.75, 3.05) is 31.2 Å². The van der Waals surface area contributed by atoms with Gasteiger partial charge in [0.25, 0.3) is 0 Å². The molecule has 1 rings (SSSR count). The Morgan fingerprint density at radius 2 is 2.05 bits per heavy atom. The van der Waals surface area contributed by atoms with Gasteiger partial charge in [-0.2, -0.15) is 0 Å². The summed E-state index contributed by atoms with van der Waals surface area (Å²) in [4.78, 5) is 29.6. The zero-order chi connectivity index (χ0) is 16.0. The summed E-state index contributed by atoms with van der Waals surface area (Å²) in [7, 11) is 1.28. The fourth-order valence-corrected chi connectivity index (χ4v) is 1.95. The van der Waals surface area contributed by atoms with E-state index in [0.717, 1.165) is 0 Å². The average molecular weight is 294 g/mol. The van der Waals surface area contributed by atoms with Crippen LogP contribution < -0.4 is 11.1 Å². The van der Waals surface area contributed by atoms with Gasteiger partial charge < -0.3 is 20.7 Å². The number of nitrogens with zero attached hydrogens (tertiary/aromatic N) is 2. The van der Waals surface area contributed by atoms with Crippen molar-refractivity contribution in [3.8, 4) is 0 Å². The Hall–Kier alpha value is -2.31. The zero-order valence-electron chi connectivity index (χ0n) is 12.8. The summed E-state index contributed by atoms with van der Waals surface area (Å²) in [6.45, 7) is 6.82. The predicted molar refractivity (Wildman–Crippen MR) is 81.0 cm³/mol. The number of nitrogens with two attached hydrogens (primary N) is 1. The molecule has 0 aliphatic heterocycles. The van der Waals surface area contributed by atoms with Gasteiger partial charge in [-0.25, -0.2) is 9.78 Å². The topological polar surface area (TPSA) is 97.5 Å². The number of hydrogen-bond donors (Lipinski definition) is 2. The number of methoxy groups -OCH3 is 1. The summed E-state index contributed by atoms with van der Waals surface area (Å²) < 4.78 is 4.65. The highest BCUT2D eigenvalue weighted by atomic mass is 16.5. The largest absolute Gasteiger partial charge is 0.465 e. The summed E-state index contributed by atoms with van der Waals surface area (Å²) in [6.07, 6.45) is 1.44. The number of hydrogen-bond acceptors (Lipinski definition) is 6. The Kier molecular flexibility index (Phi) is 5.95. The smallest absolute Gasteiger partial charge is 0.340 e. The van der Waals surface area contributed by atoms with Crippen LogP contribution in [0.2, 0.25) is 0 Å². The molecule has 116 valence electrons. The summed E-state index contributed by atoms with van der Waals surface area (Å²) >= 11 is 0. The minimum Gasteiger partial charge on any atom is -0.465 e. The molecule has 1 amide bonds. The molecule has 1 unspecified atom stereocenters. The minimum atomic E-state index is -0.541. The number of amides is 1. The molecular weight excluding hydrogens is 272 g/mol. The molecule has 21 heavy (non-hydrogen) atoms. The number of likely N-dealkylation sites (N-methyl/N-ethyl adjacent to an activating group) is 1. The van der Waals surface area contributed by atoms with Gasteiger partial charge in [0, 0.05) is 19.3 Å². The Morgan fingerprint density at radius 1 is 1.43 bits per heavy atom. The van der Waals surface area contributed by atoms with Crippen LogP contribution in [0.4, 0.5) is 11.5 Å². The number of rotatable bonds is 6. The van der Waals surface area contributed by atoms with E-state index in [0.29, 0.717) is 18.9 Å². The predicted octanol–water partition coefficient (Wildman–Crippen LogP) is 1.12. The van der Waals surface area contributed by atoms with E-state index < -0.39 is 12.0 Å². The molecule has 0 spiro atoms. The number of esters is 1. The first-order valence-corrected chi connectivity index (χ1v) is 6.84. The quantitative estimate of drug-likeness (QED) is 0.763. The molecule has 0 saturated heterocycles. The van der Waals surface area contributed by atoms with E-state index in [2.05, 4.69) is 15.0 Å². The third-order valence-electron chi connectivity index (χ3n) is 3.19. The highest BCUT2D eigenvalue weighted by Gasteiger charge is 2.21. The Labute approximate surface area is 124 Å². The average Bonchev–Trinajstić information content (AvgIpc) is 2.49. The molecule has 0 aliphatic rings. The first-order valence-electron chi connectivity index (χ1n) is 6.84. The Balaban J connectivity index is 2.93. The van der Waals surface area contributed by atoms with Crippen molar-refractivity contribution in [3.63, 3.8) is 0 Å². The van der Waals surface area contributed by atoms with E-state index in [-0.39, 0.29) is 17.2 Å². The van der Waals surface area contributed by atoms with Gasteiger partial charge in [-0.15, -0.1) is 0 Å². The molecule has 1 heterocycles. The molecule has 7 heteroatoms. The summed E-state index contributed by atoms with van der Waals surface area (Å²) in [6, 6.07) is 0.982. The number of ether oxygens (including phenoxy) is 1. The Morgan fingerprint density at radius 3 is 2.57 bits per heavy atom. The molecule has 3 N–H and O–H groups in total. The van der Waals surface area contributed by atoms with Gasteiger partial charge in [-0.05, 0) is 26.8 Å². The fourth-order valence-electron chi connectivity index (χ4n) is 1.95. The van der Waals surface area contributed by atoms with Crippen LogP contribution in [0.1, 0.15) is 31.1 Å². The summed E-state index contributed by atoms with van der Waals surface area (Å²) in [5.74, 6) is -0.295. The van der Waals surface area contributed by atoms with Gasteiger partial charge in [0.05, 0.1) is 18.4 Å². The second-order valence-corrected chi connectivity index (χ2v) is 4.49. The lowest BCUT2D eigenvalue weighted by Crippen LogP contribution is -2.41. The van der Waals surface area contributed by atoms with E-state index in [1.54, 1.807) is 11.8 Å². The lowest BCUT2D eigenvalue weighted by atomic mass is 10.2. The van der Waals surface area contributed by atoms with Crippen LogP contribution in [0.5, 0.6) is 0 Å². The van der Waals surface area contributed by atoms with Gasteiger partial charge >= 0.3 is 5.97 Å². The van der Waals surface area contributed by atoms with Crippen LogP contribution in [0.15, 0.2) is 12.3 Å². The maximum atomic E-state index is 12.2. The normalized spacial score (nSPS) is 11.6. The first-order chi connectivity index (χ1) is 9.96. The minimum absolute atomic E-state index is 0.0512. The number of nitrogen functional groups attached to an aromatic ring is 1. The third kappa shape index (κ3) is 3.84. The van der Waals surface area contributed by atoms with Crippen LogP contribution in [-0.4, -0.2) is 48.0 Å². The van der Waals surface area contributed by atoms with Crippen molar-refractivity contribution in [2.45, 2.75) is 26.8 Å². The van der Waals surface area contributed by atoms with E-state index in [9.17, 15) is 9.59 Å². The van der Waals surface area contributed by atoms with Gasteiger partial charge in [-0.1, -0.05) is 0 Å². The van der Waals surface area contributed by atoms with Crippen LogP contribution >= 0.6 is 0 Å². The molecule has 1 atom stereocenters. The van der Waals surface area contributed by atoms with Crippen LogP contribution in [0.3, 0.4) is 0 Å². The second-order valence-electron chi connectivity index (χ2n) is 4.49. The van der Waals surface area contributed by atoms with Crippen LogP contribution in [0.25, 0.3) is 0 Å². The molecule has 0 aliphatic carbocycles. The number of nitrogens with one attached hydrogen (secondary N) is 1. The second kappa shape index (κ2) is 7.47. The number of anilines is 2.